The first-order chi connectivity index (χ1) is 8.30. The monoisotopic (exact) mass is 240 g/mol. The third-order valence-electron chi connectivity index (χ3n) is 3.22. The maximum atomic E-state index is 8.98. The van der Waals surface area contributed by atoms with Crippen LogP contribution in [0, 0.1) is 12.3 Å². The summed E-state index contributed by atoms with van der Waals surface area (Å²) >= 11 is 0. The minimum absolute atomic E-state index is 0.205. The molecule has 1 fully saturated rings. The highest BCUT2D eigenvalue weighted by molar-refractivity contribution is 4.90. The molecule has 1 heterocycles. The zero-order chi connectivity index (χ0) is 12.5. The van der Waals surface area contributed by atoms with Gasteiger partial charge in [0.2, 0.25) is 0 Å². The number of rotatable bonds is 7. The van der Waals surface area contributed by atoms with Crippen LogP contribution in [0.15, 0.2) is 0 Å². The number of methoxy groups -OCH3 is 1. The molecular weight excluding hydrogens is 216 g/mol. The van der Waals surface area contributed by atoms with Crippen molar-refractivity contribution in [3.8, 4) is 12.3 Å². The van der Waals surface area contributed by atoms with Crippen molar-refractivity contribution in [3.05, 3.63) is 0 Å². The molecule has 1 atom stereocenters. The van der Waals surface area contributed by atoms with Gasteiger partial charge in [-0.2, -0.15) is 0 Å². The van der Waals surface area contributed by atoms with Crippen molar-refractivity contribution in [1.82, 2.24) is 10.2 Å². The predicted octanol–water partition coefficient (Wildman–Crippen LogP) is 0.0710. The lowest BCUT2D eigenvalue weighted by Crippen LogP contribution is -2.47. The average molecular weight is 240 g/mol. The Morgan fingerprint density at radius 2 is 2.24 bits per heavy atom. The van der Waals surface area contributed by atoms with Crippen LogP contribution in [-0.4, -0.2) is 62.0 Å². The highest BCUT2D eigenvalue weighted by Gasteiger charge is 2.20. The van der Waals surface area contributed by atoms with Crippen LogP contribution in [0.4, 0.5) is 0 Å². The van der Waals surface area contributed by atoms with Crippen molar-refractivity contribution in [2.24, 2.45) is 0 Å². The second kappa shape index (κ2) is 8.48. The van der Waals surface area contributed by atoms with Gasteiger partial charge < -0.3 is 15.2 Å². The molecule has 0 aliphatic carbocycles. The van der Waals surface area contributed by atoms with Crippen LogP contribution >= 0.6 is 0 Å². The van der Waals surface area contributed by atoms with E-state index in [1.165, 1.54) is 0 Å². The van der Waals surface area contributed by atoms with E-state index in [0.29, 0.717) is 12.6 Å². The van der Waals surface area contributed by atoms with Crippen molar-refractivity contribution in [2.45, 2.75) is 31.3 Å². The maximum absolute atomic E-state index is 8.98. The zero-order valence-electron chi connectivity index (χ0n) is 10.7. The number of aliphatic hydroxyl groups excluding tert-OH is 1. The van der Waals surface area contributed by atoms with Crippen LogP contribution < -0.4 is 5.32 Å². The molecule has 0 bridgehead atoms. The average Bonchev–Trinajstić information content (AvgIpc) is 2.33. The quantitative estimate of drug-likeness (QED) is 0.618. The van der Waals surface area contributed by atoms with Gasteiger partial charge in [0.05, 0.1) is 13.2 Å². The molecule has 0 radical (unpaired) electrons. The fraction of sp³-hybridized carbons (Fsp3) is 0.846. The van der Waals surface area contributed by atoms with Gasteiger partial charge in [0, 0.05) is 38.9 Å². The molecule has 1 unspecified atom stereocenters. The molecule has 0 saturated carbocycles. The van der Waals surface area contributed by atoms with E-state index in [1.54, 1.807) is 7.11 Å². The summed E-state index contributed by atoms with van der Waals surface area (Å²) in [5.74, 6) is 2.69. The number of hydrogen-bond donors (Lipinski definition) is 2. The van der Waals surface area contributed by atoms with Crippen LogP contribution in [0.25, 0.3) is 0 Å². The SMILES string of the molecule is C#CCN1CCC(NC(CCO)COC)CC1. The van der Waals surface area contributed by atoms with E-state index in [2.05, 4.69) is 16.1 Å². The first-order valence-corrected chi connectivity index (χ1v) is 6.31. The summed E-state index contributed by atoms with van der Waals surface area (Å²) in [5, 5.41) is 12.5. The van der Waals surface area contributed by atoms with Gasteiger partial charge in [-0.3, -0.25) is 4.90 Å². The molecule has 1 saturated heterocycles. The number of piperidine rings is 1. The van der Waals surface area contributed by atoms with Crippen LogP contribution in [0.1, 0.15) is 19.3 Å². The molecule has 98 valence electrons. The highest BCUT2D eigenvalue weighted by Crippen LogP contribution is 2.11. The third kappa shape index (κ3) is 5.51. The molecule has 0 aromatic heterocycles. The standard InChI is InChI=1S/C13H24N2O2/c1-3-7-15-8-4-12(5-9-15)14-13(6-10-16)11-17-2/h1,12-14,16H,4-11H2,2H3. The molecule has 4 nitrogen and oxygen atoms in total. The second-order valence-electron chi connectivity index (χ2n) is 4.59. The zero-order valence-corrected chi connectivity index (χ0v) is 10.7. The molecule has 1 aliphatic heterocycles. The summed E-state index contributed by atoms with van der Waals surface area (Å²) in [5.41, 5.74) is 0. The molecule has 1 rings (SSSR count). The maximum Gasteiger partial charge on any atom is 0.0616 e. The summed E-state index contributed by atoms with van der Waals surface area (Å²) in [6.45, 7) is 3.73. The number of likely N-dealkylation sites (tertiary alicyclic amines) is 1. The Hall–Kier alpha value is -0.600. The highest BCUT2D eigenvalue weighted by atomic mass is 16.5. The van der Waals surface area contributed by atoms with E-state index in [0.717, 1.165) is 38.9 Å². The molecule has 0 amide bonds. The smallest absolute Gasteiger partial charge is 0.0616 e. The topological polar surface area (TPSA) is 44.7 Å². The van der Waals surface area contributed by atoms with Crippen molar-refractivity contribution in [3.63, 3.8) is 0 Å². The fourth-order valence-corrected chi connectivity index (χ4v) is 2.29. The van der Waals surface area contributed by atoms with Gasteiger partial charge in [-0.25, -0.2) is 0 Å². The van der Waals surface area contributed by atoms with Gasteiger partial charge in [0.15, 0.2) is 0 Å². The second-order valence-corrected chi connectivity index (χ2v) is 4.59. The molecule has 0 aromatic rings. The summed E-state index contributed by atoms with van der Waals surface area (Å²) in [7, 11) is 1.70. The van der Waals surface area contributed by atoms with Crippen LogP contribution in [-0.2, 0) is 4.74 Å². The third-order valence-corrected chi connectivity index (χ3v) is 3.22. The van der Waals surface area contributed by atoms with Crippen LogP contribution in [0.3, 0.4) is 0 Å². The lowest BCUT2D eigenvalue weighted by molar-refractivity contribution is 0.130. The molecule has 2 N–H and O–H groups in total. The van der Waals surface area contributed by atoms with Crippen molar-refractivity contribution in [1.29, 1.82) is 0 Å². The summed E-state index contributed by atoms with van der Waals surface area (Å²) in [6.07, 6.45) is 8.29. The first kappa shape index (κ1) is 14.5. The largest absolute Gasteiger partial charge is 0.396 e. The van der Waals surface area contributed by atoms with E-state index in [-0.39, 0.29) is 12.6 Å². The molecule has 0 aromatic carbocycles. The first-order valence-electron chi connectivity index (χ1n) is 6.31. The van der Waals surface area contributed by atoms with Crippen molar-refractivity contribution in [2.75, 3.05) is 40.0 Å². The number of nitrogens with one attached hydrogen (secondary N) is 1. The van der Waals surface area contributed by atoms with Crippen molar-refractivity contribution >= 4 is 0 Å². The van der Waals surface area contributed by atoms with E-state index in [9.17, 15) is 0 Å². The van der Waals surface area contributed by atoms with E-state index < -0.39 is 0 Å². The summed E-state index contributed by atoms with van der Waals surface area (Å²) in [6, 6.07) is 0.782. The van der Waals surface area contributed by atoms with Gasteiger partial charge in [0.1, 0.15) is 0 Å². The molecule has 1 aliphatic rings. The Kier molecular flexibility index (Phi) is 7.22. The fourth-order valence-electron chi connectivity index (χ4n) is 2.29. The number of terminal acetylenes is 1. The van der Waals surface area contributed by atoms with Crippen molar-refractivity contribution < 1.29 is 9.84 Å². The summed E-state index contributed by atoms with van der Waals surface area (Å²) < 4.78 is 5.15. The molecule has 17 heavy (non-hydrogen) atoms. The lowest BCUT2D eigenvalue weighted by atomic mass is 10.0. The Bertz CT molecular complexity index is 226. The van der Waals surface area contributed by atoms with E-state index in [1.807, 2.05) is 0 Å². The van der Waals surface area contributed by atoms with Gasteiger partial charge in [-0.1, -0.05) is 5.92 Å². The predicted molar refractivity (Wildman–Crippen MR) is 68.8 cm³/mol. The van der Waals surface area contributed by atoms with E-state index in [4.69, 9.17) is 16.3 Å². The van der Waals surface area contributed by atoms with Gasteiger partial charge in [0.25, 0.3) is 0 Å². The molecular formula is C13H24N2O2. The number of nitrogens with zero attached hydrogens (tertiary/aromatic N) is 1. The number of aliphatic hydroxyl groups is 1. The molecule has 0 spiro atoms. The Labute approximate surface area is 104 Å². The van der Waals surface area contributed by atoms with Crippen LogP contribution in [0.2, 0.25) is 0 Å². The Morgan fingerprint density at radius 1 is 1.53 bits per heavy atom. The lowest BCUT2D eigenvalue weighted by Gasteiger charge is -2.33. The minimum atomic E-state index is 0.205. The van der Waals surface area contributed by atoms with Gasteiger partial charge >= 0.3 is 0 Å². The number of ether oxygens (including phenoxy) is 1. The van der Waals surface area contributed by atoms with Gasteiger partial charge in [-0.05, 0) is 19.3 Å². The van der Waals surface area contributed by atoms with E-state index >= 15 is 0 Å². The molecule has 4 heteroatoms. The Morgan fingerprint density at radius 3 is 2.76 bits per heavy atom. The van der Waals surface area contributed by atoms with Gasteiger partial charge in [-0.15, -0.1) is 6.42 Å². The summed E-state index contributed by atoms with van der Waals surface area (Å²) in [4.78, 5) is 2.30. The number of hydrogen-bond acceptors (Lipinski definition) is 4. The minimum Gasteiger partial charge on any atom is -0.396 e. The van der Waals surface area contributed by atoms with Crippen LogP contribution in [0.5, 0.6) is 0 Å². The Balaban J connectivity index is 2.25. The normalized spacial score (nSPS) is 20.1.